The zero-order valence-corrected chi connectivity index (χ0v) is 8.38. The van der Waals surface area contributed by atoms with Crippen molar-refractivity contribution in [3.05, 3.63) is 41.0 Å². The van der Waals surface area contributed by atoms with Crippen LogP contribution in [-0.4, -0.2) is 17.3 Å². The predicted octanol–water partition coefficient (Wildman–Crippen LogP) is 3.35. The molecule has 1 aromatic carbocycles. The van der Waals surface area contributed by atoms with Crippen molar-refractivity contribution in [2.75, 3.05) is 0 Å². The maximum atomic E-state index is 12.2. The van der Waals surface area contributed by atoms with Crippen molar-refractivity contribution < 1.29 is 23.1 Å². The summed E-state index contributed by atoms with van der Waals surface area (Å²) in [4.78, 5) is 10.5. The van der Waals surface area contributed by atoms with Crippen LogP contribution in [0.5, 0.6) is 0 Å². The second-order valence-electron chi connectivity index (χ2n) is 3.25. The van der Waals surface area contributed by atoms with E-state index in [0.29, 0.717) is 5.56 Å². The highest BCUT2D eigenvalue weighted by molar-refractivity contribution is 5.87. The molecule has 5 heteroatoms. The normalized spacial score (nSPS) is 12.6. The van der Waals surface area contributed by atoms with E-state index < -0.39 is 17.7 Å². The molecule has 0 aliphatic heterocycles. The number of alkyl halides is 3. The topological polar surface area (TPSA) is 37.3 Å². The molecule has 0 radical (unpaired) electrons. The number of hydrogen-bond acceptors (Lipinski definition) is 1. The number of carbonyl (C=O) groups is 1. The van der Waals surface area contributed by atoms with E-state index in [9.17, 15) is 18.0 Å². The Labute approximate surface area is 90.0 Å². The average Bonchev–Trinajstić information content (AvgIpc) is 2.17. The van der Waals surface area contributed by atoms with E-state index in [4.69, 9.17) is 5.11 Å². The quantitative estimate of drug-likeness (QED) is 0.845. The number of allylic oxidation sites excluding steroid dienone is 1. The summed E-state index contributed by atoms with van der Waals surface area (Å²) in [5.74, 6) is -1.11. The lowest BCUT2D eigenvalue weighted by atomic mass is 10.1. The fraction of sp³-hybridized carbons (Fsp3) is 0.182. The van der Waals surface area contributed by atoms with Crippen LogP contribution in [0.4, 0.5) is 13.2 Å². The van der Waals surface area contributed by atoms with Crippen molar-refractivity contribution in [2.45, 2.75) is 13.1 Å². The van der Waals surface area contributed by atoms with Gasteiger partial charge in [0.25, 0.3) is 0 Å². The van der Waals surface area contributed by atoms with Gasteiger partial charge in [-0.3, -0.25) is 0 Å². The van der Waals surface area contributed by atoms with Gasteiger partial charge in [0.1, 0.15) is 0 Å². The lowest BCUT2D eigenvalue weighted by Crippen LogP contribution is -2.08. The van der Waals surface area contributed by atoms with Crippen LogP contribution in [0.15, 0.2) is 29.8 Å². The highest BCUT2D eigenvalue weighted by Crippen LogP contribution is 2.26. The molecular weight excluding hydrogens is 221 g/mol. The molecule has 0 aromatic heterocycles. The van der Waals surface area contributed by atoms with Crippen LogP contribution in [0.25, 0.3) is 6.08 Å². The maximum Gasteiger partial charge on any atom is 0.412 e. The molecule has 0 saturated carbocycles. The molecule has 0 spiro atoms. The molecule has 0 heterocycles. The van der Waals surface area contributed by atoms with Crippen LogP contribution in [0.3, 0.4) is 0 Å². The number of carboxylic acids is 1. The molecule has 0 aliphatic carbocycles. The van der Waals surface area contributed by atoms with E-state index >= 15 is 0 Å². The minimum atomic E-state index is -4.36. The molecule has 0 atom stereocenters. The van der Waals surface area contributed by atoms with Gasteiger partial charge in [0, 0.05) is 5.57 Å². The molecule has 0 aliphatic rings. The summed E-state index contributed by atoms with van der Waals surface area (Å²) in [6.45, 7) is 0.963. The standard InChI is InChI=1S/C11H9F3O2/c1-7(11(12,13)14)6-8-2-4-9(5-3-8)10(15)16/h2-6H,1H3,(H,15,16)/b7-6+. The Morgan fingerprint density at radius 1 is 1.25 bits per heavy atom. The zero-order valence-electron chi connectivity index (χ0n) is 8.38. The minimum absolute atomic E-state index is 0.0433. The van der Waals surface area contributed by atoms with Gasteiger partial charge in [-0.25, -0.2) is 4.79 Å². The molecule has 1 N–H and O–H groups in total. The highest BCUT2D eigenvalue weighted by Gasteiger charge is 2.29. The third-order valence-corrected chi connectivity index (χ3v) is 1.99. The molecule has 0 bridgehead atoms. The number of halogens is 3. The highest BCUT2D eigenvalue weighted by atomic mass is 19.4. The van der Waals surface area contributed by atoms with E-state index in [2.05, 4.69) is 0 Å². The Morgan fingerprint density at radius 2 is 1.75 bits per heavy atom. The number of carboxylic acid groups (broad SMARTS) is 1. The SMILES string of the molecule is C/C(=C\c1ccc(C(=O)O)cc1)C(F)(F)F. The van der Waals surface area contributed by atoms with E-state index in [0.717, 1.165) is 13.0 Å². The largest absolute Gasteiger partial charge is 0.478 e. The first-order chi connectivity index (χ1) is 7.30. The van der Waals surface area contributed by atoms with E-state index in [-0.39, 0.29) is 5.56 Å². The van der Waals surface area contributed by atoms with Crippen molar-refractivity contribution in [3.8, 4) is 0 Å². The van der Waals surface area contributed by atoms with Gasteiger partial charge in [-0.2, -0.15) is 13.2 Å². The monoisotopic (exact) mass is 230 g/mol. The van der Waals surface area contributed by atoms with Crippen LogP contribution < -0.4 is 0 Å². The van der Waals surface area contributed by atoms with Crippen LogP contribution in [-0.2, 0) is 0 Å². The Hall–Kier alpha value is -1.78. The number of rotatable bonds is 2. The first-order valence-electron chi connectivity index (χ1n) is 4.39. The molecule has 0 unspecified atom stereocenters. The second kappa shape index (κ2) is 4.38. The van der Waals surface area contributed by atoms with E-state index in [1.165, 1.54) is 24.3 Å². The summed E-state index contributed by atoms with van der Waals surface area (Å²) in [6.07, 6.45) is -3.39. The molecule has 2 nitrogen and oxygen atoms in total. The van der Waals surface area contributed by atoms with Gasteiger partial charge in [0.2, 0.25) is 0 Å². The van der Waals surface area contributed by atoms with Crippen molar-refractivity contribution in [1.29, 1.82) is 0 Å². The molecular formula is C11H9F3O2. The number of aromatic carboxylic acids is 1. The lowest BCUT2D eigenvalue weighted by Gasteiger charge is -2.06. The summed E-state index contributed by atoms with van der Waals surface area (Å²) < 4.78 is 36.5. The summed E-state index contributed by atoms with van der Waals surface area (Å²) in [5.41, 5.74) is -0.364. The van der Waals surface area contributed by atoms with Gasteiger partial charge in [-0.1, -0.05) is 12.1 Å². The van der Waals surface area contributed by atoms with Crippen molar-refractivity contribution in [1.82, 2.24) is 0 Å². The van der Waals surface area contributed by atoms with Gasteiger partial charge in [0.15, 0.2) is 0 Å². The van der Waals surface area contributed by atoms with Gasteiger partial charge in [-0.15, -0.1) is 0 Å². The number of hydrogen-bond donors (Lipinski definition) is 1. The first-order valence-corrected chi connectivity index (χ1v) is 4.39. The summed E-state index contributed by atoms with van der Waals surface area (Å²) in [7, 11) is 0. The van der Waals surface area contributed by atoms with Gasteiger partial charge >= 0.3 is 12.1 Å². The first kappa shape index (κ1) is 12.3. The molecule has 0 fully saturated rings. The van der Waals surface area contributed by atoms with E-state index in [1.54, 1.807) is 0 Å². The van der Waals surface area contributed by atoms with E-state index in [1.807, 2.05) is 0 Å². The van der Waals surface area contributed by atoms with Crippen molar-refractivity contribution >= 4 is 12.0 Å². The summed E-state index contributed by atoms with van der Waals surface area (Å²) in [6, 6.07) is 5.19. The van der Waals surface area contributed by atoms with Gasteiger partial charge < -0.3 is 5.11 Å². The second-order valence-corrected chi connectivity index (χ2v) is 3.25. The van der Waals surface area contributed by atoms with Gasteiger partial charge in [-0.05, 0) is 30.7 Å². The molecule has 1 aromatic rings. The van der Waals surface area contributed by atoms with Crippen LogP contribution in [0.1, 0.15) is 22.8 Å². The fourth-order valence-corrected chi connectivity index (χ4v) is 1.05. The third-order valence-electron chi connectivity index (χ3n) is 1.99. The Balaban J connectivity index is 2.96. The Morgan fingerprint density at radius 3 is 2.12 bits per heavy atom. The Bertz CT molecular complexity index is 416. The summed E-state index contributed by atoms with van der Waals surface area (Å²) in [5, 5.41) is 8.59. The molecule has 1 rings (SSSR count). The molecule has 86 valence electrons. The maximum absolute atomic E-state index is 12.2. The number of benzene rings is 1. The minimum Gasteiger partial charge on any atom is -0.478 e. The van der Waals surface area contributed by atoms with Crippen LogP contribution >= 0.6 is 0 Å². The van der Waals surface area contributed by atoms with Crippen molar-refractivity contribution in [2.24, 2.45) is 0 Å². The third kappa shape index (κ3) is 3.12. The van der Waals surface area contributed by atoms with Crippen LogP contribution in [0, 0.1) is 0 Å². The average molecular weight is 230 g/mol. The molecule has 0 saturated heterocycles. The van der Waals surface area contributed by atoms with Gasteiger partial charge in [0.05, 0.1) is 5.56 Å². The Kier molecular flexibility index (Phi) is 3.37. The fourth-order valence-electron chi connectivity index (χ4n) is 1.05. The zero-order chi connectivity index (χ0) is 12.3. The molecule has 16 heavy (non-hydrogen) atoms. The summed E-state index contributed by atoms with van der Waals surface area (Å²) >= 11 is 0. The molecule has 0 amide bonds. The predicted molar refractivity (Wildman–Crippen MR) is 53.1 cm³/mol. The smallest absolute Gasteiger partial charge is 0.412 e. The van der Waals surface area contributed by atoms with Crippen LogP contribution in [0.2, 0.25) is 0 Å². The lowest BCUT2D eigenvalue weighted by molar-refractivity contribution is -0.0903. The van der Waals surface area contributed by atoms with Crippen molar-refractivity contribution in [3.63, 3.8) is 0 Å².